The fourth-order valence-electron chi connectivity index (χ4n) is 3.56. The second-order valence-corrected chi connectivity index (χ2v) is 5.88. The van der Waals surface area contributed by atoms with E-state index in [1.165, 1.54) is 24.9 Å². The van der Waals surface area contributed by atoms with Gasteiger partial charge in [-0.2, -0.15) is 0 Å². The lowest BCUT2D eigenvalue weighted by atomic mass is 9.73. The van der Waals surface area contributed by atoms with Crippen LogP contribution in [-0.2, 0) is 4.74 Å². The van der Waals surface area contributed by atoms with E-state index in [9.17, 15) is 0 Å². The van der Waals surface area contributed by atoms with E-state index in [1.54, 1.807) is 0 Å². The van der Waals surface area contributed by atoms with Gasteiger partial charge in [0.1, 0.15) is 0 Å². The van der Waals surface area contributed by atoms with Gasteiger partial charge in [0, 0.05) is 19.2 Å². The van der Waals surface area contributed by atoms with Crippen LogP contribution in [0.1, 0.15) is 39.0 Å². The Kier molecular flexibility index (Phi) is 3.40. The van der Waals surface area contributed by atoms with E-state index < -0.39 is 0 Å². The van der Waals surface area contributed by atoms with Gasteiger partial charge in [-0.05, 0) is 51.2 Å². The molecule has 0 bridgehead atoms. The average molecular weight is 260 g/mol. The van der Waals surface area contributed by atoms with Crippen molar-refractivity contribution in [3.8, 4) is 0 Å². The summed E-state index contributed by atoms with van der Waals surface area (Å²) in [6.45, 7) is 4.12. The maximum Gasteiger partial charge on any atom is 0.0702 e. The van der Waals surface area contributed by atoms with Gasteiger partial charge in [-0.25, -0.2) is 0 Å². The Morgan fingerprint density at radius 1 is 1.37 bits per heavy atom. The van der Waals surface area contributed by atoms with E-state index in [-0.39, 0.29) is 5.60 Å². The summed E-state index contributed by atoms with van der Waals surface area (Å²) >= 11 is 0. The van der Waals surface area contributed by atoms with Crippen LogP contribution in [0.5, 0.6) is 0 Å². The number of ether oxygens (including phenoxy) is 1. The zero-order valence-electron chi connectivity index (χ0n) is 11.8. The Bertz CT molecular complexity index is 442. The molecule has 1 aliphatic carbocycles. The first-order chi connectivity index (χ1) is 9.24. The van der Waals surface area contributed by atoms with Crippen molar-refractivity contribution in [1.29, 1.82) is 0 Å². The number of nitrogens with zero attached hydrogens (tertiary/aromatic N) is 1. The molecule has 2 aliphatic rings. The third kappa shape index (κ3) is 2.32. The highest BCUT2D eigenvalue weighted by Crippen LogP contribution is 2.44. The number of benzene rings is 1. The van der Waals surface area contributed by atoms with E-state index in [4.69, 9.17) is 10.5 Å². The van der Waals surface area contributed by atoms with Crippen molar-refractivity contribution in [2.75, 3.05) is 23.8 Å². The summed E-state index contributed by atoms with van der Waals surface area (Å²) in [5.74, 6) is 0. The third-order valence-corrected chi connectivity index (χ3v) is 4.76. The molecule has 1 spiro atoms. The van der Waals surface area contributed by atoms with Gasteiger partial charge < -0.3 is 15.4 Å². The number of hydrogen-bond donors (Lipinski definition) is 1. The molecule has 19 heavy (non-hydrogen) atoms. The van der Waals surface area contributed by atoms with E-state index in [1.807, 2.05) is 12.1 Å². The van der Waals surface area contributed by atoms with Crippen LogP contribution in [0.2, 0.25) is 0 Å². The van der Waals surface area contributed by atoms with E-state index >= 15 is 0 Å². The second-order valence-electron chi connectivity index (χ2n) is 5.88. The Morgan fingerprint density at radius 3 is 2.79 bits per heavy atom. The van der Waals surface area contributed by atoms with Crippen LogP contribution < -0.4 is 10.6 Å². The van der Waals surface area contributed by atoms with Gasteiger partial charge in [-0.3, -0.25) is 0 Å². The first kappa shape index (κ1) is 12.8. The maximum absolute atomic E-state index is 6.14. The number of nitrogen functional groups attached to an aromatic ring is 1. The minimum atomic E-state index is 0.194. The Balaban J connectivity index is 1.80. The first-order valence-corrected chi connectivity index (χ1v) is 7.49. The lowest BCUT2D eigenvalue weighted by Crippen LogP contribution is -2.52. The van der Waals surface area contributed by atoms with Crippen LogP contribution in [-0.4, -0.2) is 24.8 Å². The summed E-state index contributed by atoms with van der Waals surface area (Å²) in [7, 11) is 0. The fraction of sp³-hybridized carbons (Fsp3) is 0.625. The third-order valence-electron chi connectivity index (χ3n) is 4.76. The van der Waals surface area contributed by atoms with Crippen molar-refractivity contribution in [3.63, 3.8) is 0 Å². The topological polar surface area (TPSA) is 38.5 Å². The predicted octanol–water partition coefficient (Wildman–Crippen LogP) is 3.20. The van der Waals surface area contributed by atoms with Crippen molar-refractivity contribution in [1.82, 2.24) is 0 Å². The van der Waals surface area contributed by atoms with Crippen molar-refractivity contribution in [2.24, 2.45) is 0 Å². The molecule has 104 valence electrons. The SMILES string of the molecule is CCN(c1ccccc1N)C1CCOC2(CCC2)C1. The second kappa shape index (κ2) is 5.04. The smallest absolute Gasteiger partial charge is 0.0702 e. The molecule has 1 aromatic carbocycles. The molecule has 1 saturated heterocycles. The van der Waals surface area contributed by atoms with Crippen molar-refractivity contribution < 1.29 is 4.74 Å². The molecule has 3 rings (SSSR count). The summed E-state index contributed by atoms with van der Waals surface area (Å²) < 4.78 is 6.03. The fourth-order valence-corrected chi connectivity index (χ4v) is 3.56. The number of hydrogen-bond acceptors (Lipinski definition) is 3. The molecule has 0 amide bonds. The lowest BCUT2D eigenvalue weighted by Gasteiger charge is -2.50. The molecule has 2 fully saturated rings. The minimum absolute atomic E-state index is 0.194. The first-order valence-electron chi connectivity index (χ1n) is 7.49. The number of anilines is 2. The average Bonchev–Trinajstić information content (AvgIpc) is 2.40. The zero-order chi connectivity index (χ0) is 13.3. The van der Waals surface area contributed by atoms with Gasteiger partial charge in [0.25, 0.3) is 0 Å². The summed E-state index contributed by atoms with van der Waals surface area (Å²) in [5.41, 5.74) is 8.41. The Hall–Kier alpha value is -1.22. The normalized spacial score (nSPS) is 25.0. The minimum Gasteiger partial charge on any atom is -0.397 e. The number of para-hydroxylation sites is 2. The van der Waals surface area contributed by atoms with Crippen LogP contribution in [0, 0.1) is 0 Å². The maximum atomic E-state index is 6.14. The monoisotopic (exact) mass is 260 g/mol. The molecule has 1 unspecified atom stereocenters. The van der Waals surface area contributed by atoms with Crippen molar-refractivity contribution >= 4 is 11.4 Å². The molecule has 1 heterocycles. The summed E-state index contributed by atoms with van der Waals surface area (Å²) in [6.07, 6.45) is 6.09. The van der Waals surface area contributed by atoms with Gasteiger partial charge >= 0.3 is 0 Å². The summed E-state index contributed by atoms with van der Waals surface area (Å²) in [6, 6.07) is 8.79. The molecular formula is C16H24N2O. The van der Waals surface area contributed by atoms with E-state index in [0.717, 1.165) is 31.7 Å². The molecular weight excluding hydrogens is 236 g/mol. The molecule has 0 aromatic heterocycles. The molecule has 1 saturated carbocycles. The van der Waals surface area contributed by atoms with Crippen LogP contribution in [0.3, 0.4) is 0 Å². The molecule has 3 nitrogen and oxygen atoms in total. The van der Waals surface area contributed by atoms with Crippen molar-refractivity contribution in [3.05, 3.63) is 24.3 Å². The highest BCUT2D eigenvalue weighted by Gasteiger charge is 2.43. The predicted molar refractivity (Wildman–Crippen MR) is 79.4 cm³/mol. The van der Waals surface area contributed by atoms with Gasteiger partial charge in [0.2, 0.25) is 0 Å². The quantitative estimate of drug-likeness (QED) is 0.848. The van der Waals surface area contributed by atoms with Crippen LogP contribution >= 0.6 is 0 Å². The van der Waals surface area contributed by atoms with Gasteiger partial charge in [-0.1, -0.05) is 12.1 Å². The van der Waals surface area contributed by atoms with E-state index in [0.29, 0.717) is 6.04 Å². The molecule has 1 aliphatic heterocycles. The van der Waals surface area contributed by atoms with Crippen LogP contribution in [0.15, 0.2) is 24.3 Å². The van der Waals surface area contributed by atoms with Crippen molar-refractivity contribution in [2.45, 2.75) is 50.7 Å². The van der Waals surface area contributed by atoms with E-state index in [2.05, 4.69) is 24.0 Å². The lowest BCUT2D eigenvalue weighted by molar-refractivity contribution is -0.132. The zero-order valence-corrected chi connectivity index (χ0v) is 11.8. The molecule has 3 heteroatoms. The Morgan fingerprint density at radius 2 is 2.16 bits per heavy atom. The highest BCUT2D eigenvalue weighted by molar-refractivity contribution is 5.67. The standard InChI is InChI=1S/C16H24N2O/c1-2-18(15-7-4-3-6-14(15)17)13-8-11-19-16(12-13)9-5-10-16/h3-4,6-7,13H,2,5,8-12,17H2,1H3. The Labute approximate surface area is 115 Å². The number of nitrogens with two attached hydrogens (primary N) is 1. The molecule has 1 aromatic rings. The van der Waals surface area contributed by atoms with Gasteiger partial charge in [-0.15, -0.1) is 0 Å². The van der Waals surface area contributed by atoms with Gasteiger partial charge in [0.05, 0.1) is 17.0 Å². The highest BCUT2D eigenvalue weighted by atomic mass is 16.5. The number of rotatable bonds is 3. The van der Waals surface area contributed by atoms with Crippen LogP contribution in [0.4, 0.5) is 11.4 Å². The van der Waals surface area contributed by atoms with Crippen LogP contribution in [0.25, 0.3) is 0 Å². The van der Waals surface area contributed by atoms with Gasteiger partial charge in [0.15, 0.2) is 0 Å². The molecule has 2 N–H and O–H groups in total. The summed E-state index contributed by atoms with van der Waals surface area (Å²) in [4.78, 5) is 2.47. The largest absolute Gasteiger partial charge is 0.397 e. The molecule has 1 atom stereocenters. The summed E-state index contributed by atoms with van der Waals surface area (Å²) in [5, 5.41) is 0. The molecule has 0 radical (unpaired) electrons.